The molecule has 10 heteroatoms. The summed E-state index contributed by atoms with van der Waals surface area (Å²) in [7, 11) is 1.31. The largest absolute Gasteiger partial charge is 0.465 e. The molecule has 2 N–H and O–H groups in total. The SMILES string of the molecule is COC(=O)c1ccc2c(c1)C(=O)N(c1ccc(C(=O)Nc3cnccc3N3CCNCC3)s1)C2. The van der Waals surface area contributed by atoms with Crippen LogP contribution >= 0.6 is 11.3 Å². The number of aromatic nitrogens is 1. The van der Waals surface area contributed by atoms with E-state index in [0.29, 0.717) is 33.2 Å². The molecule has 0 saturated carbocycles. The van der Waals surface area contributed by atoms with Crippen molar-refractivity contribution in [2.24, 2.45) is 0 Å². The number of esters is 1. The molecule has 174 valence electrons. The number of anilines is 3. The molecule has 0 aliphatic carbocycles. The van der Waals surface area contributed by atoms with Gasteiger partial charge in [-0.25, -0.2) is 4.79 Å². The maximum absolute atomic E-state index is 13.0. The number of rotatable bonds is 5. The molecule has 2 aliphatic heterocycles. The van der Waals surface area contributed by atoms with E-state index in [-0.39, 0.29) is 11.8 Å². The number of piperazine rings is 1. The van der Waals surface area contributed by atoms with E-state index in [9.17, 15) is 14.4 Å². The molecule has 1 aromatic carbocycles. The fraction of sp³-hybridized carbons (Fsp3) is 0.250. The van der Waals surface area contributed by atoms with Gasteiger partial charge in [-0.1, -0.05) is 6.07 Å². The van der Waals surface area contributed by atoms with Crippen LogP contribution in [0.5, 0.6) is 0 Å². The predicted octanol–water partition coefficient (Wildman–Crippen LogP) is 2.75. The number of thiophene rings is 1. The van der Waals surface area contributed by atoms with E-state index in [1.165, 1.54) is 18.4 Å². The molecule has 0 spiro atoms. The van der Waals surface area contributed by atoms with Crippen LogP contribution in [0.15, 0.2) is 48.8 Å². The summed E-state index contributed by atoms with van der Waals surface area (Å²) < 4.78 is 4.75. The first-order valence-corrected chi connectivity index (χ1v) is 11.7. The van der Waals surface area contributed by atoms with E-state index < -0.39 is 5.97 Å². The minimum Gasteiger partial charge on any atom is -0.465 e. The monoisotopic (exact) mass is 477 g/mol. The van der Waals surface area contributed by atoms with Crippen molar-refractivity contribution in [3.05, 3.63) is 70.4 Å². The summed E-state index contributed by atoms with van der Waals surface area (Å²) in [5.41, 5.74) is 3.23. The number of amides is 2. The van der Waals surface area contributed by atoms with E-state index in [0.717, 1.165) is 37.4 Å². The molecule has 0 radical (unpaired) electrons. The summed E-state index contributed by atoms with van der Waals surface area (Å²) in [6.45, 7) is 3.86. The number of nitrogens with one attached hydrogen (secondary N) is 2. The number of nitrogens with zero attached hydrogens (tertiary/aromatic N) is 3. The van der Waals surface area contributed by atoms with Crippen LogP contribution in [0, 0.1) is 0 Å². The van der Waals surface area contributed by atoms with Gasteiger partial charge >= 0.3 is 5.97 Å². The summed E-state index contributed by atoms with van der Waals surface area (Å²) in [6.07, 6.45) is 3.38. The van der Waals surface area contributed by atoms with Crippen molar-refractivity contribution in [2.75, 3.05) is 48.4 Å². The molecular formula is C24H23N5O4S. The zero-order chi connectivity index (χ0) is 23.7. The van der Waals surface area contributed by atoms with Gasteiger partial charge in [-0.2, -0.15) is 0 Å². The molecule has 2 aromatic heterocycles. The van der Waals surface area contributed by atoms with E-state index in [2.05, 4.69) is 20.5 Å². The molecule has 9 nitrogen and oxygen atoms in total. The zero-order valence-corrected chi connectivity index (χ0v) is 19.4. The van der Waals surface area contributed by atoms with Gasteiger partial charge in [-0.05, 0) is 35.9 Å². The third-order valence-corrected chi connectivity index (χ3v) is 7.03. The van der Waals surface area contributed by atoms with Gasteiger partial charge in [-0.3, -0.25) is 19.5 Å². The number of carbonyl (C=O) groups is 3. The molecule has 1 fully saturated rings. The van der Waals surface area contributed by atoms with Gasteiger partial charge in [0, 0.05) is 37.9 Å². The van der Waals surface area contributed by atoms with Crippen LogP contribution in [-0.4, -0.2) is 56.1 Å². The molecule has 0 unspecified atom stereocenters. The number of ether oxygens (including phenoxy) is 1. The Bertz CT molecular complexity index is 1270. The Labute approximate surface area is 200 Å². The second kappa shape index (κ2) is 9.24. The Morgan fingerprint density at radius 1 is 1.15 bits per heavy atom. The van der Waals surface area contributed by atoms with Gasteiger partial charge in [-0.15, -0.1) is 11.3 Å². The van der Waals surface area contributed by atoms with Crippen LogP contribution in [0.4, 0.5) is 16.4 Å². The van der Waals surface area contributed by atoms with Crippen molar-refractivity contribution in [2.45, 2.75) is 6.54 Å². The van der Waals surface area contributed by atoms with Gasteiger partial charge < -0.3 is 20.3 Å². The Morgan fingerprint density at radius 2 is 1.97 bits per heavy atom. The summed E-state index contributed by atoms with van der Waals surface area (Å²) in [4.78, 5) is 46.3. The van der Waals surface area contributed by atoms with Crippen LogP contribution in [0.2, 0.25) is 0 Å². The van der Waals surface area contributed by atoms with Crippen LogP contribution in [0.3, 0.4) is 0 Å². The molecule has 0 atom stereocenters. The number of fused-ring (bicyclic) bond motifs is 1. The highest BCUT2D eigenvalue weighted by molar-refractivity contribution is 7.18. The van der Waals surface area contributed by atoms with Crippen molar-refractivity contribution in [1.29, 1.82) is 0 Å². The number of hydrogen-bond donors (Lipinski definition) is 2. The lowest BCUT2D eigenvalue weighted by Gasteiger charge is -2.30. The first-order valence-electron chi connectivity index (χ1n) is 10.9. The molecule has 2 amide bonds. The fourth-order valence-corrected chi connectivity index (χ4v) is 5.07. The third-order valence-electron chi connectivity index (χ3n) is 5.92. The fourth-order valence-electron chi connectivity index (χ4n) is 4.17. The molecule has 4 heterocycles. The van der Waals surface area contributed by atoms with Gasteiger partial charge in [0.15, 0.2) is 0 Å². The molecule has 34 heavy (non-hydrogen) atoms. The van der Waals surface area contributed by atoms with Crippen molar-refractivity contribution in [3.63, 3.8) is 0 Å². The highest BCUT2D eigenvalue weighted by atomic mass is 32.1. The standard InChI is InChI=1S/C24H23N5O4S/c1-33-24(32)15-2-3-16-14-29(23(31)17(16)12-15)21-5-4-20(34-21)22(30)27-18-13-26-7-6-19(18)28-10-8-25-9-11-28/h2-7,12-13,25H,8-11,14H2,1H3,(H,27,30). The van der Waals surface area contributed by atoms with E-state index >= 15 is 0 Å². The number of carbonyl (C=O) groups excluding carboxylic acids is 3. The highest BCUT2D eigenvalue weighted by Gasteiger charge is 2.31. The molecule has 2 aliphatic rings. The average Bonchev–Trinajstić information content (AvgIpc) is 3.49. The lowest BCUT2D eigenvalue weighted by molar-refractivity contribution is 0.0600. The van der Waals surface area contributed by atoms with Crippen molar-refractivity contribution in [1.82, 2.24) is 10.3 Å². The maximum atomic E-state index is 13.0. The van der Waals surface area contributed by atoms with Crippen LogP contribution in [-0.2, 0) is 11.3 Å². The van der Waals surface area contributed by atoms with E-state index in [1.807, 2.05) is 6.07 Å². The molecule has 5 rings (SSSR count). The first kappa shape index (κ1) is 22.1. The number of benzene rings is 1. The van der Waals surface area contributed by atoms with Gasteiger partial charge in [0.2, 0.25) is 0 Å². The molecule has 1 saturated heterocycles. The lowest BCUT2D eigenvalue weighted by atomic mass is 10.1. The number of methoxy groups -OCH3 is 1. The number of hydrogen-bond acceptors (Lipinski definition) is 8. The minimum atomic E-state index is -0.486. The Balaban J connectivity index is 1.32. The lowest BCUT2D eigenvalue weighted by Crippen LogP contribution is -2.43. The van der Waals surface area contributed by atoms with E-state index in [1.54, 1.807) is 47.6 Å². The van der Waals surface area contributed by atoms with Gasteiger partial charge in [0.25, 0.3) is 11.8 Å². The summed E-state index contributed by atoms with van der Waals surface area (Å²) >= 11 is 1.25. The molecule has 3 aromatic rings. The summed E-state index contributed by atoms with van der Waals surface area (Å²) in [5, 5.41) is 6.96. The van der Waals surface area contributed by atoms with Crippen LogP contribution < -0.4 is 20.4 Å². The third kappa shape index (κ3) is 4.13. The van der Waals surface area contributed by atoms with Crippen molar-refractivity contribution in [3.8, 4) is 0 Å². The zero-order valence-electron chi connectivity index (χ0n) is 18.5. The van der Waals surface area contributed by atoms with Crippen molar-refractivity contribution >= 4 is 45.5 Å². The Hall–Kier alpha value is -3.76. The van der Waals surface area contributed by atoms with Gasteiger partial charge in [0.1, 0.15) is 0 Å². The quantitative estimate of drug-likeness (QED) is 0.545. The second-order valence-corrected chi connectivity index (χ2v) is 9.04. The Morgan fingerprint density at radius 3 is 2.76 bits per heavy atom. The smallest absolute Gasteiger partial charge is 0.337 e. The van der Waals surface area contributed by atoms with Crippen molar-refractivity contribution < 1.29 is 19.1 Å². The highest BCUT2D eigenvalue weighted by Crippen LogP contribution is 2.34. The predicted molar refractivity (Wildman–Crippen MR) is 130 cm³/mol. The van der Waals surface area contributed by atoms with Crippen LogP contribution in [0.1, 0.15) is 36.0 Å². The topological polar surface area (TPSA) is 104 Å². The number of pyridine rings is 1. The Kier molecular flexibility index (Phi) is 5.99. The maximum Gasteiger partial charge on any atom is 0.337 e. The minimum absolute atomic E-state index is 0.206. The first-order chi connectivity index (χ1) is 16.5. The average molecular weight is 478 g/mol. The second-order valence-electron chi connectivity index (χ2n) is 7.98. The summed E-state index contributed by atoms with van der Waals surface area (Å²) in [6, 6.07) is 10.4. The van der Waals surface area contributed by atoms with Crippen LogP contribution in [0.25, 0.3) is 0 Å². The normalized spacial score (nSPS) is 15.3. The van der Waals surface area contributed by atoms with Gasteiger partial charge in [0.05, 0.1) is 46.7 Å². The molecular weight excluding hydrogens is 454 g/mol. The van der Waals surface area contributed by atoms with E-state index in [4.69, 9.17) is 4.74 Å². The molecule has 0 bridgehead atoms. The summed E-state index contributed by atoms with van der Waals surface area (Å²) in [5.74, 6) is -0.944.